The molecule has 1 aliphatic carbocycles. The fourth-order valence-corrected chi connectivity index (χ4v) is 9.92. The monoisotopic (exact) mass is 575 g/mol. The highest BCUT2D eigenvalue weighted by Gasteiger charge is 2.51. The van der Waals surface area contributed by atoms with Crippen LogP contribution in [0, 0.1) is 17.6 Å². The largest absolute Gasteiger partial charge is 0.468 e. The maximum Gasteiger partial charge on any atom is 0.324 e. The lowest BCUT2D eigenvalue weighted by Gasteiger charge is -2.40. The fraction of sp³-hybridized carbons (Fsp3) is 0.480. The number of carbonyl (C=O) groups is 1. The Labute approximate surface area is 220 Å². The van der Waals surface area contributed by atoms with Gasteiger partial charge in [-0.1, -0.05) is 11.6 Å². The first-order valence-electron chi connectivity index (χ1n) is 11.9. The van der Waals surface area contributed by atoms with Crippen LogP contribution in [0.3, 0.4) is 0 Å². The molecule has 0 radical (unpaired) electrons. The van der Waals surface area contributed by atoms with Gasteiger partial charge in [0.2, 0.25) is 10.0 Å². The number of ether oxygens (including phenoxy) is 1. The summed E-state index contributed by atoms with van der Waals surface area (Å²) in [5, 5.41) is 0.325. The van der Waals surface area contributed by atoms with E-state index in [1.165, 1.54) is 31.4 Å². The smallest absolute Gasteiger partial charge is 0.324 e. The second-order valence-electron chi connectivity index (χ2n) is 9.59. The molecular formula is C25H28ClF2NO6S2. The van der Waals surface area contributed by atoms with Crippen molar-refractivity contribution in [2.45, 2.75) is 54.2 Å². The van der Waals surface area contributed by atoms with E-state index in [0.717, 1.165) is 22.5 Å². The van der Waals surface area contributed by atoms with Gasteiger partial charge in [-0.3, -0.25) is 4.79 Å². The minimum atomic E-state index is -4.23. The molecule has 0 bridgehead atoms. The van der Waals surface area contributed by atoms with Gasteiger partial charge >= 0.3 is 5.97 Å². The molecule has 37 heavy (non-hydrogen) atoms. The molecule has 2 aromatic carbocycles. The van der Waals surface area contributed by atoms with Crippen LogP contribution in [0.4, 0.5) is 8.78 Å². The van der Waals surface area contributed by atoms with Crippen LogP contribution in [0.25, 0.3) is 0 Å². The molecule has 0 unspecified atom stereocenters. The average molecular weight is 576 g/mol. The average Bonchev–Trinajstić information content (AvgIpc) is 3.37. The highest BCUT2D eigenvalue weighted by molar-refractivity contribution is 7.92. The normalized spacial score (nSPS) is 25.2. The van der Waals surface area contributed by atoms with Crippen LogP contribution >= 0.6 is 11.6 Å². The molecule has 12 heteroatoms. The Morgan fingerprint density at radius 3 is 2.32 bits per heavy atom. The zero-order valence-electron chi connectivity index (χ0n) is 20.2. The van der Waals surface area contributed by atoms with E-state index in [1.807, 2.05) is 0 Å². The van der Waals surface area contributed by atoms with Crippen molar-refractivity contribution in [3.05, 3.63) is 64.7 Å². The molecule has 1 atom stereocenters. The van der Waals surface area contributed by atoms with Crippen molar-refractivity contribution in [3.63, 3.8) is 0 Å². The van der Waals surface area contributed by atoms with Gasteiger partial charge < -0.3 is 4.74 Å². The molecule has 2 aromatic rings. The van der Waals surface area contributed by atoms with Crippen molar-refractivity contribution >= 4 is 37.4 Å². The third-order valence-electron chi connectivity index (χ3n) is 7.45. The lowest BCUT2D eigenvalue weighted by Crippen LogP contribution is -2.45. The van der Waals surface area contributed by atoms with Gasteiger partial charge in [-0.05, 0) is 86.9 Å². The number of hydrogen-bond donors (Lipinski definition) is 0. The molecule has 7 nitrogen and oxygen atoms in total. The molecule has 1 saturated heterocycles. The van der Waals surface area contributed by atoms with Crippen LogP contribution in [0.15, 0.2) is 47.4 Å². The van der Waals surface area contributed by atoms with Crippen molar-refractivity contribution in [1.29, 1.82) is 0 Å². The summed E-state index contributed by atoms with van der Waals surface area (Å²) in [7, 11) is -6.86. The number of sulfonamides is 1. The summed E-state index contributed by atoms with van der Waals surface area (Å²) >= 11 is 5.92. The first-order valence-corrected chi connectivity index (χ1v) is 15.4. The third-order valence-corrected chi connectivity index (χ3v) is 12.3. The summed E-state index contributed by atoms with van der Waals surface area (Å²) in [6.45, 7) is 0.207. The number of halogens is 3. The lowest BCUT2D eigenvalue weighted by molar-refractivity contribution is -0.144. The summed E-state index contributed by atoms with van der Waals surface area (Å²) in [5.41, 5.74) is -0.269. The van der Waals surface area contributed by atoms with Crippen molar-refractivity contribution in [2.24, 2.45) is 5.92 Å². The highest BCUT2D eigenvalue weighted by atomic mass is 35.5. The van der Waals surface area contributed by atoms with Crippen LogP contribution in [0.2, 0.25) is 5.02 Å². The number of nitrogens with zero attached hydrogens (tertiary/aromatic N) is 1. The van der Waals surface area contributed by atoms with Crippen LogP contribution in [-0.2, 0) is 34.1 Å². The van der Waals surface area contributed by atoms with Gasteiger partial charge in [0.25, 0.3) is 0 Å². The van der Waals surface area contributed by atoms with Crippen LogP contribution in [-0.4, -0.2) is 52.6 Å². The second kappa shape index (κ2) is 10.6. The van der Waals surface area contributed by atoms with E-state index < -0.39 is 54.2 Å². The summed E-state index contributed by atoms with van der Waals surface area (Å²) in [6.07, 6.45) is 1.01. The van der Waals surface area contributed by atoms with E-state index in [1.54, 1.807) is 0 Å². The predicted molar refractivity (Wildman–Crippen MR) is 134 cm³/mol. The van der Waals surface area contributed by atoms with Gasteiger partial charge in [-0.25, -0.2) is 25.6 Å². The zero-order valence-corrected chi connectivity index (χ0v) is 22.6. The minimum absolute atomic E-state index is 0.0791. The minimum Gasteiger partial charge on any atom is -0.468 e. The molecule has 0 N–H and O–H groups in total. The molecule has 1 aliphatic heterocycles. The number of rotatable bonds is 7. The van der Waals surface area contributed by atoms with Gasteiger partial charge in [0, 0.05) is 17.1 Å². The standard InChI is InChI=1S/C25H28ClF2NO6S2/c1-35-24(30)23-3-2-14-29(23)36(31,32)16-17-10-12-25(13-11-17,21-15-19(27)6-9-22(21)28)37(33,34)20-7-4-18(26)5-8-20/h4-9,15,17,23H,2-3,10-14,16H2,1H3/t17?,23-,25?/m0/s1. The van der Waals surface area contributed by atoms with Crippen molar-refractivity contribution in [1.82, 2.24) is 4.31 Å². The number of sulfone groups is 1. The predicted octanol–water partition coefficient (Wildman–Crippen LogP) is 4.44. The molecule has 1 saturated carbocycles. The van der Waals surface area contributed by atoms with E-state index in [9.17, 15) is 26.0 Å². The van der Waals surface area contributed by atoms with E-state index in [2.05, 4.69) is 0 Å². The van der Waals surface area contributed by atoms with Crippen LogP contribution < -0.4 is 0 Å². The number of methoxy groups -OCH3 is 1. The Hall–Kier alpha value is -2.08. The molecule has 0 aromatic heterocycles. The molecule has 2 aliphatic rings. The van der Waals surface area contributed by atoms with Crippen molar-refractivity contribution < 1.29 is 35.1 Å². The number of carbonyl (C=O) groups excluding carboxylic acids is 1. The summed E-state index contributed by atoms with van der Waals surface area (Å²) in [5.74, 6) is -2.92. The molecule has 4 rings (SSSR count). The van der Waals surface area contributed by atoms with Gasteiger partial charge in [0.1, 0.15) is 22.4 Å². The SMILES string of the molecule is COC(=O)[C@@H]1CCCN1S(=O)(=O)CC1CCC(c2cc(F)ccc2F)(S(=O)(=O)c2ccc(Cl)cc2)CC1. The third kappa shape index (κ3) is 5.28. The summed E-state index contributed by atoms with van der Waals surface area (Å²) in [6, 6.07) is 7.34. The quantitative estimate of drug-likeness (QED) is 0.453. The van der Waals surface area contributed by atoms with Crippen molar-refractivity contribution in [2.75, 3.05) is 19.4 Å². The van der Waals surface area contributed by atoms with Gasteiger partial charge in [-0.15, -0.1) is 0 Å². The van der Waals surface area contributed by atoms with E-state index in [4.69, 9.17) is 16.3 Å². The van der Waals surface area contributed by atoms with Crippen molar-refractivity contribution in [3.8, 4) is 0 Å². The fourth-order valence-electron chi connectivity index (χ4n) is 5.52. The first-order chi connectivity index (χ1) is 17.4. The van der Waals surface area contributed by atoms with Crippen LogP contribution in [0.1, 0.15) is 44.1 Å². The van der Waals surface area contributed by atoms with E-state index in [0.29, 0.717) is 17.9 Å². The zero-order chi connectivity index (χ0) is 27.0. The van der Waals surface area contributed by atoms with Gasteiger partial charge in [-0.2, -0.15) is 4.31 Å². The Kier molecular flexibility index (Phi) is 8.00. The summed E-state index contributed by atoms with van der Waals surface area (Å²) in [4.78, 5) is 12.0. The molecule has 1 heterocycles. The Bertz CT molecular complexity index is 1370. The van der Waals surface area contributed by atoms with Crippen LogP contribution in [0.5, 0.6) is 0 Å². The molecule has 2 fully saturated rings. The number of benzene rings is 2. The Morgan fingerprint density at radius 2 is 1.70 bits per heavy atom. The first kappa shape index (κ1) is 27.9. The maximum atomic E-state index is 15.0. The summed E-state index contributed by atoms with van der Waals surface area (Å²) < 4.78 is 87.6. The van der Waals surface area contributed by atoms with E-state index in [-0.39, 0.29) is 48.4 Å². The Morgan fingerprint density at radius 1 is 1.05 bits per heavy atom. The van der Waals surface area contributed by atoms with Gasteiger partial charge in [0.15, 0.2) is 9.84 Å². The molecule has 0 amide bonds. The van der Waals surface area contributed by atoms with E-state index >= 15 is 4.39 Å². The molecule has 0 spiro atoms. The molecule has 202 valence electrons. The number of hydrogen-bond acceptors (Lipinski definition) is 6. The Balaban J connectivity index is 1.64. The highest BCUT2D eigenvalue weighted by Crippen LogP contribution is 2.49. The number of esters is 1. The topological polar surface area (TPSA) is 97.8 Å². The second-order valence-corrected chi connectivity index (χ2v) is 14.3. The maximum absolute atomic E-state index is 15.0. The lowest BCUT2D eigenvalue weighted by atomic mass is 9.78. The van der Waals surface area contributed by atoms with Gasteiger partial charge in [0.05, 0.1) is 17.8 Å². The molecular weight excluding hydrogens is 548 g/mol.